The summed E-state index contributed by atoms with van der Waals surface area (Å²) in [6.45, 7) is 5.47. The number of methoxy groups -OCH3 is 2. The lowest BCUT2D eigenvalue weighted by atomic mass is 10.0. The molecule has 210 valence electrons. The fourth-order valence-corrected chi connectivity index (χ4v) is 5.08. The second-order valence-corrected chi connectivity index (χ2v) is 10.3. The largest absolute Gasteiger partial charge is 0.497 e. The average Bonchev–Trinajstić information content (AvgIpc) is 3.02. The Morgan fingerprint density at radius 3 is 1.83 bits per heavy atom. The second kappa shape index (κ2) is 11.7. The first-order valence-corrected chi connectivity index (χ1v) is 13.8. The minimum atomic E-state index is 0.628. The van der Waals surface area contributed by atoms with Crippen molar-refractivity contribution in [2.24, 2.45) is 0 Å². The second-order valence-electron chi connectivity index (χ2n) is 10.3. The molecule has 2 heterocycles. The van der Waals surface area contributed by atoms with E-state index in [1.165, 1.54) is 11.1 Å². The van der Waals surface area contributed by atoms with E-state index in [9.17, 15) is 0 Å². The number of ether oxygens (including phenoxy) is 2. The van der Waals surface area contributed by atoms with Crippen molar-refractivity contribution in [2.75, 3.05) is 24.4 Å². The molecular formula is C34H32N6O2. The normalized spacial score (nSPS) is 11.0. The van der Waals surface area contributed by atoms with E-state index in [4.69, 9.17) is 19.7 Å². The van der Waals surface area contributed by atoms with Crippen LogP contribution in [0.15, 0.2) is 91.1 Å². The van der Waals surface area contributed by atoms with E-state index in [0.717, 1.165) is 50.0 Å². The van der Waals surface area contributed by atoms with Crippen LogP contribution in [-0.2, 0) is 13.1 Å². The predicted molar refractivity (Wildman–Crippen MR) is 168 cm³/mol. The summed E-state index contributed by atoms with van der Waals surface area (Å²) in [5.41, 5.74) is 4.67. The minimum Gasteiger partial charge on any atom is -0.497 e. The van der Waals surface area contributed by atoms with Gasteiger partial charge in [0.25, 0.3) is 0 Å². The van der Waals surface area contributed by atoms with Crippen molar-refractivity contribution in [3.63, 3.8) is 0 Å². The van der Waals surface area contributed by atoms with Crippen LogP contribution in [0.4, 0.5) is 17.5 Å². The molecule has 2 aromatic heterocycles. The molecule has 0 fully saturated rings. The van der Waals surface area contributed by atoms with Crippen LogP contribution >= 0.6 is 0 Å². The van der Waals surface area contributed by atoms with E-state index in [0.29, 0.717) is 24.7 Å². The van der Waals surface area contributed by atoms with Crippen LogP contribution in [0.5, 0.6) is 11.5 Å². The fourth-order valence-electron chi connectivity index (χ4n) is 5.08. The highest BCUT2D eigenvalue weighted by Crippen LogP contribution is 2.33. The van der Waals surface area contributed by atoms with Crippen molar-refractivity contribution >= 4 is 39.0 Å². The Kier molecular flexibility index (Phi) is 7.51. The number of hydrogen-bond acceptors (Lipinski definition) is 8. The molecule has 6 aromatic rings. The van der Waals surface area contributed by atoms with Gasteiger partial charge in [-0.1, -0.05) is 48.5 Å². The van der Waals surface area contributed by atoms with Gasteiger partial charge in [-0.25, -0.2) is 0 Å². The highest BCUT2D eigenvalue weighted by Gasteiger charge is 2.18. The summed E-state index contributed by atoms with van der Waals surface area (Å²) in [7, 11) is 3.35. The van der Waals surface area contributed by atoms with Gasteiger partial charge in [-0.15, -0.1) is 15.3 Å². The highest BCUT2D eigenvalue weighted by atomic mass is 16.5. The molecule has 8 heteroatoms. The number of fused-ring (bicyclic) bond motifs is 2. The van der Waals surface area contributed by atoms with Gasteiger partial charge in [0, 0.05) is 34.6 Å². The number of aryl methyl sites for hydroxylation is 2. The van der Waals surface area contributed by atoms with Gasteiger partial charge < -0.3 is 19.7 Å². The van der Waals surface area contributed by atoms with E-state index in [-0.39, 0.29) is 0 Å². The predicted octanol–water partition coefficient (Wildman–Crippen LogP) is 7.16. The Bertz CT molecular complexity index is 1810. The Morgan fingerprint density at radius 2 is 1.21 bits per heavy atom. The molecule has 4 aromatic carbocycles. The number of nitrogens with zero attached hydrogens (tertiary/aromatic N) is 5. The molecule has 0 spiro atoms. The van der Waals surface area contributed by atoms with Crippen molar-refractivity contribution in [3.05, 3.63) is 113 Å². The van der Waals surface area contributed by atoms with Gasteiger partial charge in [-0.2, -0.15) is 5.10 Å². The van der Waals surface area contributed by atoms with Crippen molar-refractivity contribution < 1.29 is 9.47 Å². The van der Waals surface area contributed by atoms with Crippen LogP contribution in [0.25, 0.3) is 21.5 Å². The Hall–Kier alpha value is -5.24. The monoisotopic (exact) mass is 556 g/mol. The Labute approximate surface area is 245 Å². The van der Waals surface area contributed by atoms with E-state index in [1.807, 2.05) is 36.4 Å². The Balaban J connectivity index is 1.41. The van der Waals surface area contributed by atoms with Gasteiger partial charge >= 0.3 is 0 Å². The zero-order chi connectivity index (χ0) is 29.1. The molecule has 0 amide bonds. The molecule has 0 atom stereocenters. The topological polar surface area (TPSA) is 85.3 Å². The molecule has 0 aliphatic rings. The molecule has 0 saturated heterocycles. The molecule has 0 aliphatic heterocycles. The van der Waals surface area contributed by atoms with Crippen LogP contribution in [-0.4, -0.2) is 34.6 Å². The van der Waals surface area contributed by atoms with Crippen LogP contribution in [0.2, 0.25) is 0 Å². The van der Waals surface area contributed by atoms with Gasteiger partial charge in [0.1, 0.15) is 11.5 Å². The van der Waals surface area contributed by atoms with E-state index < -0.39 is 0 Å². The average molecular weight is 557 g/mol. The highest BCUT2D eigenvalue weighted by molar-refractivity contribution is 6.01. The summed E-state index contributed by atoms with van der Waals surface area (Å²) in [5.74, 6) is 3.71. The van der Waals surface area contributed by atoms with Crippen molar-refractivity contribution in [3.8, 4) is 11.5 Å². The lowest BCUT2D eigenvalue weighted by molar-refractivity contribution is 0.414. The first-order valence-electron chi connectivity index (χ1n) is 13.8. The summed E-state index contributed by atoms with van der Waals surface area (Å²) in [6.07, 6.45) is 1.79. The maximum Gasteiger partial charge on any atom is 0.162 e. The van der Waals surface area contributed by atoms with Crippen LogP contribution in [0.3, 0.4) is 0 Å². The van der Waals surface area contributed by atoms with Crippen molar-refractivity contribution in [2.45, 2.75) is 26.9 Å². The number of hydrogen-bond donors (Lipinski definition) is 1. The molecular weight excluding hydrogens is 524 g/mol. The third-order valence-electron chi connectivity index (χ3n) is 7.54. The van der Waals surface area contributed by atoms with Crippen molar-refractivity contribution in [1.82, 2.24) is 20.4 Å². The van der Waals surface area contributed by atoms with Crippen molar-refractivity contribution in [1.29, 1.82) is 0 Å². The quantitative estimate of drug-likeness (QED) is 0.201. The van der Waals surface area contributed by atoms with E-state index >= 15 is 0 Å². The molecule has 0 unspecified atom stereocenters. The lowest BCUT2D eigenvalue weighted by Crippen LogP contribution is -2.24. The number of anilines is 3. The molecule has 42 heavy (non-hydrogen) atoms. The van der Waals surface area contributed by atoms with Gasteiger partial charge in [-0.05, 0) is 72.5 Å². The molecule has 0 saturated carbocycles. The van der Waals surface area contributed by atoms with Gasteiger partial charge in [-0.3, -0.25) is 0 Å². The first kappa shape index (κ1) is 27.0. The number of benzene rings is 4. The summed E-state index contributed by atoms with van der Waals surface area (Å²) in [5, 5.41) is 25.5. The van der Waals surface area contributed by atoms with Crippen LogP contribution < -0.4 is 19.7 Å². The van der Waals surface area contributed by atoms with Crippen LogP contribution in [0, 0.1) is 13.8 Å². The summed E-state index contributed by atoms with van der Waals surface area (Å²) in [6, 6.07) is 28.7. The molecule has 0 bridgehead atoms. The van der Waals surface area contributed by atoms with E-state index in [2.05, 4.69) is 82.8 Å². The molecule has 8 nitrogen and oxygen atoms in total. The molecule has 6 rings (SSSR count). The van der Waals surface area contributed by atoms with Crippen LogP contribution in [0.1, 0.15) is 22.3 Å². The number of nitrogens with one attached hydrogen (secondary N) is 1. The third-order valence-corrected chi connectivity index (χ3v) is 7.54. The molecule has 0 aliphatic carbocycles. The SMILES string of the molecule is COc1ccc(CN(Cc2ccc(OC)cc2)c2nnc(Nc3nncc4cc(C)c(C)cc34)c3ccccc23)cc1. The smallest absolute Gasteiger partial charge is 0.162 e. The minimum absolute atomic E-state index is 0.628. The van der Waals surface area contributed by atoms with Gasteiger partial charge in [0.15, 0.2) is 17.5 Å². The third kappa shape index (κ3) is 5.51. The Morgan fingerprint density at radius 1 is 0.643 bits per heavy atom. The molecule has 0 radical (unpaired) electrons. The van der Waals surface area contributed by atoms with E-state index in [1.54, 1.807) is 20.4 Å². The lowest BCUT2D eigenvalue weighted by Gasteiger charge is -2.25. The number of aromatic nitrogens is 4. The summed E-state index contributed by atoms with van der Waals surface area (Å²) < 4.78 is 10.7. The summed E-state index contributed by atoms with van der Waals surface area (Å²) >= 11 is 0. The zero-order valence-corrected chi connectivity index (χ0v) is 24.1. The maximum absolute atomic E-state index is 5.37. The summed E-state index contributed by atoms with van der Waals surface area (Å²) in [4.78, 5) is 2.24. The maximum atomic E-state index is 5.37. The zero-order valence-electron chi connectivity index (χ0n) is 24.1. The fraction of sp³-hybridized carbons (Fsp3) is 0.176. The first-order chi connectivity index (χ1) is 20.5. The van der Waals surface area contributed by atoms with Gasteiger partial charge in [0.2, 0.25) is 0 Å². The molecule has 1 N–H and O–H groups in total. The number of rotatable bonds is 9. The van der Waals surface area contributed by atoms with Gasteiger partial charge in [0.05, 0.1) is 20.4 Å². The standard InChI is InChI=1S/C34H32N6O2/c1-22-17-26-19-35-37-33(31(26)18-23(22)2)36-32-29-7-5-6-8-30(29)34(39-38-32)40(20-24-9-13-27(41-3)14-10-24)21-25-11-15-28(42-4)16-12-25/h5-19H,20-21H2,1-4H3,(H,36,37,38).